The van der Waals surface area contributed by atoms with Crippen LogP contribution in [0.4, 0.5) is 19.4 Å². The third-order valence-corrected chi connectivity index (χ3v) is 3.67. The van der Waals surface area contributed by atoms with Crippen molar-refractivity contribution in [3.8, 4) is 5.95 Å². The van der Waals surface area contributed by atoms with Gasteiger partial charge in [0.15, 0.2) is 0 Å². The van der Waals surface area contributed by atoms with Crippen molar-refractivity contribution in [3.63, 3.8) is 0 Å². The van der Waals surface area contributed by atoms with Gasteiger partial charge in [0, 0.05) is 30.8 Å². The first-order chi connectivity index (χ1) is 12.3. The summed E-state index contributed by atoms with van der Waals surface area (Å²) >= 11 is 0. The molecule has 3 rings (SSSR count). The van der Waals surface area contributed by atoms with Crippen LogP contribution in [-0.2, 0) is 17.1 Å². The lowest BCUT2D eigenvalue weighted by molar-refractivity contribution is 0.0126. The summed E-state index contributed by atoms with van der Waals surface area (Å²) in [6, 6.07) is 2.71. The molecule has 0 aliphatic rings. The maximum Gasteiger partial charge on any atom is 0.412 e. The first kappa shape index (κ1) is 17.6. The minimum absolute atomic E-state index is 0.00365. The van der Waals surface area contributed by atoms with E-state index in [9.17, 15) is 13.6 Å². The van der Waals surface area contributed by atoms with E-state index in [0.717, 1.165) is 13.0 Å². The third kappa shape index (κ3) is 3.30. The molecule has 3 heterocycles. The highest BCUT2D eigenvalue weighted by Crippen LogP contribution is 2.27. The van der Waals surface area contributed by atoms with Crippen LogP contribution in [0.1, 0.15) is 25.2 Å². The van der Waals surface area contributed by atoms with Crippen LogP contribution < -0.4 is 5.32 Å². The van der Waals surface area contributed by atoms with E-state index in [2.05, 4.69) is 30.1 Å². The summed E-state index contributed by atoms with van der Waals surface area (Å²) in [6.45, 7) is 2.67. The number of carbonyl (C=O) groups excluding carboxylic acids is 1. The Morgan fingerprint density at radius 1 is 1.38 bits per heavy atom. The number of ether oxygens (including phenoxy) is 1. The van der Waals surface area contributed by atoms with Crippen LogP contribution in [0.25, 0.3) is 16.9 Å². The molecule has 3 aromatic heterocycles. The number of fused-ring (bicyclic) bond motifs is 1. The van der Waals surface area contributed by atoms with Crippen molar-refractivity contribution in [3.05, 3.63) is 35.9 Å². The molecule has 26 heavy (non-hydrogen) atoms. The average molecular weight is 362 g/mol. The van der Waals surface area contributed by atoms with Crippen LogP contribution in [-0.4, -0.2) is 37.9 Å². The van der Waals surface area contributed by atoms with Crippen molar-refractivity contribution < 1.29 is 18.3 Å². The lowest BCUT2D eigenvalue weighted by atomic mass is 10.2. The zero-order valence-electron chi connectivity index (χ0n) is 14.3. The Balaban J connectivity index is 2.16. The summed E-state index contributed by atoms with van der Waals surface area (Å²) in [5.74, 6) is -2.87. The molecule has 0 fully saturated rings. The van der Waals surface area contributed by atoms with Gasteiger partial charge in [-0.3, -0.25) is 5.32 Å². The molecule has 0 aliphatic carbocycles. The van der Waals surface area contributed by atoms with Crippen molar-refractivity contribution in [2.75, 3.05) is 12.4 Å². The first-order valence-corrected chi connectivity index (χ1v) is 7.77. The van der Waals surface area contributed by atoms with E-state index in [-0.39, 0.29) is 11.8 Å². The maximum atomic E-state index is 13.6. The molecular weight excluding hydrogens is 346 g/mol. The molecule has 0 saturated carbocycles. The molecule has 0 aliphatic heterocycles. The second-order valence-electron chi connectivity index (χ2n) is 5.55. The van der Waals surface area contributed by atoms with Gasteiger partial charge >= 0.3 is 6.09 Å². The van der Waals surface area contributed by atoms with Crippen LogP contribution in [0.3, 0.4) is 0 Å². The van der Waals surface area contributed by atoms with E-state index in [0.29, 0.717) is 23.0 Å². The third-order valence-electron chi connectivity index (χ3n) is 3.67. The molecule has 0 bridgehead atoms. The van der Waals surface area contributed by atoms with E-state index in [1.807, 2.05) is 6.92 Å². The number of aryl methyl sites for hydroxylation is 1. The highest BCUT2D eigenvalue weighted by atomic mass is 19.3. The molecule has 0 unspecified atom stereocenters. The smallest absolute Gasteiger partial charge is 0.412 e. The number of nitrogens with zero attached hydrogens (tertiary/aromatic N) is 5. The molecule has 0 saturated heterocycles. The molecular formula is C16H16F2N6O2. The molecule has 1 amide bonds. The second-order valence-corrected chi connectivity index (χ2v) is 5.55. The van der Waals surface area contributed by atoms with Gasteiger partial charge in [0.05, 0.1) is 18.3 Å². The Labute approximate surface area is 147 Å². The van der Waals surface area contributed by atoms with E-state index in [1.54, 1.807) is 12.3 Å². The molecule has 0 aromatic carbocycles. The number of methoxy groups -OCH3 is 1. The van der Waals surface area contributed by atoms with Crippen LogP contribution >= 0.6 is 0 Å². The molecule has 0 atom stereocenters. The molecule has 1 N–H and O–H groups in total. The molecule has 8 nitrogen and oxygen atoms in total. The van der Waals surface area contributed by atoms with Gasteiger partial charge in [-0.05, 0) is 12.5 Å². The molecule has 10 heteroatoms. The summed E-state index contributed by atoms with van der Waals surface area (Å²) < 4.78 is 33.1. The summed E-state index contributed by atoms with van der Waals surface area (Å²) in [5.41, 5.74) is 0.820. The predicted octanol–water partition coefficient (Wildman–Crippen LogP) is 3.06. The minimum Gasteiger partial charge on any atom is -0.453 e. The monoisotopic (exact) mass is 362 g/mol. The van der Waals surface area contributed by atoms with Gasteiger partial charge in [-0.25, -0.2) is 19.7 Å². The Morgan fingerprint density at radius 2 is 2.15 bits per heavy atom. The number of anilines is 1. The maximum absolute atomic E-state index is 13.6. The Morgan fingerprint density at radius 3 is 2.81 bits per heavy atom. The van der Waals surface area contributed by atoms with Crippen LogP contribution in [0.15, 0.2) is 24.5 Å². The average Bonchev–Trinajstić information content (AvgIpc) is 2.99. The second kappa shape index (κ2) is 6.62. The number of halogens is 2. The zero-order valence-corrected chi connectivity index (χ0v) is 14.3. The van der Waals surface area contributed by atoms with E-state index >= 15 is 0 Å². The predicted molar refractivity (Wildman–Crippen MR) is 89.4 cm³/mol. The van der Waals surface area contributed by atoms with Gasteiger partial charge < -0.3 is 4.74 Å². The molecule has 3 aromatic rings. The van der Waals surface area contributed by atoms with Crippen molar-refractivity contribution >= 4 is 22.8 Å². The summed E-state index contributed by atoms with van der Waals surface area (Å²) in [6.07, 6.45) is 2.71. The number of carbonyl (C=O) groups is 1. The van der Waals surface area contributed by atoms with Crippen molar-refractivity contribution in [1.82, 2.24) is 24.7 Å². The van der Waals surface area contributed by atoms with Gasteiger partial charge in [0.1, 0.15) is 11.5 Å². The number of hydrogen-bond acceptors (Lipinski definition) is 6. The standard InChI is InChI=1S/C16H16F2N6O2/c1-4-10-9-8-20-13(22-15(25)26-3)7-11(9)24(23-10)14-19-6-5-12(21-14)16(2,17)18/h5-8H,4H2,1-3H3,(H,20,22,25). The number of hydrogen-bond donors (Lipinski definition) is 1. The fraction of sp³-hybridized carbons (Fsp3) is 0.312. The Hall–Kier alpha value is -3.17. The summed E-state index contributed by atoms with van der Waals surface area (Å²) in [4.78, 5) is 23.5. The van der Waals surface area contributed by atoms with Gasteiger partial charge in [-0.2, -0.15) is 18.6 Å². The van der Waals surface area contributed by atoms with Crippen LogP contribution in [0.5, 0.6) is 0 Å². The Kier molecular flexibility index (Phi) is 4.49. The number of aromatic nitrogens is 5. The number of nitrogens with one attached hydrogen (secondary N) is 1. The van der Waals surface area contributed by atoms with Crippen LogP contribution in [0.2, 0.25) is 0 Å². The number of amides is 1. The lowest BCUT2D eigenvalue weighted by Gasteiger charge is -2.10. The number of rotatable bonds is 4. The normalized spacial score (nSPS) is 11.6. The van der Waals surface area contributed by atoms with Crippen molar-refractivity contribution in [1.29, 1.82) is 0 Å². The molecule has 0 spiro atoms. The Bertz CT molecular complexity index is 967. The number of alkyl halides is 2. The van der Waals surface area contributed by atoms with E-state index < -0.39 is 17.7 Å². The minimum atomic E-state index is -3.10. The molecule has 136 valence electrons. The highest BCUT2D eigenvalue weighted by Gasteiger charge is 2.27. The van der Waals surface area contributed by atoms with E-state index in [1.165, 1.54) is 18.0 Å². The van der Waals surface area contributed by atoms with Crippen molar-refractivity contribution in [2.45, 2.75) is 26.2 Å². The summed E-state index contributed by atoms with van der Waals surface area (Å²) in [7, 11) is 1.23. The molecule has 0 radical (unpaired) electrons. The van der Waals surface area contributed by atoms with Gasteiger partial charge in [-0.1, -0.05) is 6.92 Å². The fourth-order valence-electron chi connectivity index (χ4n) is 2.40. The SMILES string of the molecule is CCc1nn(-c2nccc(C(C)(F)F)n2)c2cc(NC(=O)OC)ncc12. The van der Waals surface area contributed by atoms with Gasteiger partial charge in [0.25, 0.3) is 11.9 Å². The largest absolute Gasteiger partial charge is 0.453 e. The first-order valence-electron chi connectivity index (χ1n) is 7.77. The van der Waals surface area contributed by atoms with E-state index in [4.69, 9.17) is 0 Å². The highest BCUT2D eigenvalue weighted by molar-refractivity contribution is 5.89. The fourth-order valence-corrected chi connectivity index (χ4v) is 2.40. The number of pyridine rings is 1. The van der Waals surface area contributed by atoms with Gasteiger partial charge in [-0.15, -0.1) is 0 Å². The van der Waals surface area contributed by atoms with Gasteiger partial charge in [0.2, 0.25) is 0 Å². The van der Waals surface area contributed by atoms with Crippen LogP contribution in [0, 0.1) is 0 Å². The lowest BCUT2D eigenvalue weighted by Crippen LogP contribution is -2.14. The van der Waals surface area contributed by atoms with Crippen molar-refractivity contribution in [2.24, 2.45) is 0 Å². The zero-order chi connectivity index (χ0) is 18.9. The summed E-state index contributed by atoms with van der Waals surface area (Å²) in [5, 5.41) is 7.56. The topological polar surface area (TPSA) is 94.8 Å². The quantitative estimate of drug-likeness (QED) is 0.766.